The molecule has 0 saturated carbocycles. The van der Waals surface area contributed by atoms with Gasteiger partial charge in [0.25, 0.3) is 10.1 Å². The molecule has 0 bridgehead atoms. The SMILES string of the molecule is CCCCCCCCCC([O-])=NCCCS(=O)(=O)O.[Na+]. The van der Waals surface area contributed by atoms with Crippen LogP contribution in [-0.2, 0) is 10.1 Å². The van der Waals surface area contributed by atoms with E-state index in [0.29, 0.717) is 6.42 Å². The zero-order valence-electron chi connectivity index (χ0n) is 12.8. The molecule has 0 rings (SSSR count). The van der Waals surface area contributed by atoms with Crippen molar-refractivity contribution in [2.24, 2.45) is 4.99 Å². The molecule has 0 saturated heterocycles. The Balaban J connectivity index is 0. The summed E-state index contributed by atoms with van der Waals surface area (Å²) in [7, 11) is -3.93. The van der Waals surface area contributed by atoms with Gasteiger partial charge in [-0.05, 0) is 25.2 Å². The minimum atomic E-state index is -3.93. The standard InChI is InChI=1S/C13H27NO4S.Na/c1-2-3-4-5-6-7-8-10-13(15)14-11-9-12-19(16,17)18;/h2-12H2,1H3,(H,14,15)(H,16,17,18);/q;+1/p-1. The van der Waals surface area contributed by atoms with Crippen LogP contribution in [0.15, 0.2) is 4.99 Å². The van der Waals surface area contributed by atoms with E-state index in [0.717, 1.165) is 19.3 Å². The third kappa shape index (κ3) is 18.4. The first-order chi connectivity index (χ1) is 8.95. The van der Waals surface area contributed by atoms with Crippen LogP contribution in [0.25, 0.3) is 0 Å². The van der Waals surface area contributed by atoms with Gasteiger partial charge in [-0.15, -0.1) is 0 Å². The molecule has 0 spiro atoms. The predicted octanol–water partition coefficient (Wildman–Crippen LogP) is -0.832. The fourth-order valence-electron chi connectivity index (χ4n) is 1.76. The van der Waals surface area contributed by atoms with Crippen LogP contribution < -0.4 is 34.7 Å². The molecule has 0 unspecified atom stereocenters. The van der Waals surface area contributed by atoms with E-state index in [-0.39, 0.29) is 54.2 Å². The Hall–Kier alpha value is 0.380. The van der Waals surface area contributed by atoms with Crippen LogP contribution in [0.1, 0.15) is 64.7 Å². The number of nitrogens with zero attached hydrogens (tertiary/aromatic N) is 1. The van der Waals surface area contributed by atoms with E-state index in [1.165, 1.54) is 25.7 Å². The fraction of sp³-hybridized carbons (Fsp3) is 0.923. The van der Waals surface area contributed by atoms with Gasteiger partial charge < -0.3 is 10.1 Å². The van der Waals surface area contributed by atoms with E-state index in [4.69, 9.17) is 4.55 Å². The minimum absolute atomic E-state index is 0. The number of aliphatic imine (C=N–C) groups is 1. The summed E-state index contributed by atoms with van der Waals surface area (Å²) in [5, 5.41) is 11.3. The Labute approximate surface area is 145 Å². The van der Waals surface area contributed by atoms with Gasteiger partial charge in [0.2, 0.25) is 0 Å². The Morgan fingerprint density at radius 3 is 2.15 bits per heavy atom. The van der Waals surface area contributed by atoms with Gasteiger partial charge in [-0.25, -0.2) is 0 Å². The van der Waals surface area contributed by atoms with Crippen molar-refractivity contribution in [1.82, 2.24) is 0 Å². The number of hydrogen-bond acceptors (Lipinski definition) is 4. The average Bonchev–Trinajstić information content (AvgIpc) is 2.32. The van der Waals surface area contributed by atoms with Crippen LogP contribution in [0.3, 0.4) is 0 Å². The zero-order chi connectivity index (χ0) is 14.6. The van der Waals surface area contributed by atoms with Crippen LogP contribution in [0.2, 0.25) is 0 Å². The number of unbranched alkanes of at least 4 members (excludes halogenated alkanes) is 6. The second kappa shape index (κ2) is 14.3. The maximum atomic E-state index is 11.3. The van der Waals surface area contributed by atoms with Crippen LogP contribution in [0, 0.1) is 0 Å². The van der Waals surface area contributed by atoms with Gasteiger partial charge >= 0.3 is 29.6 Å². The number of hydrogen-bond donors (Lipinski definition) is 1. The molecule has 0 atom stereocenters. The van der Waals surface area contributed by atoms with Gasteiger partial charge in [0.05, 0.1) is 5.75 Å². The summed E-state index contributed by atoms with van der Waals surface area (Å²) in [5.74, 6) is -0.495. The molecule has 1 N–H and O–H groups in total. The van der Waals surface area contributed by atoms with Crippen LogP contribution in [-0.4, -0.2) is 31.2 Å². The van der Waals surface area contributed by atoms with Crippen LogP contribution >= 0.6 is 0 Å². The average molecular weight is 315 g/mol. The summed E-state index contributed by atoms with van der Waals surface area (Å²) in [6, 6.07) is 0. The van der Waals surface area contributed by atoms with Crippen molar-refractivity contribution in [1.29, 1.82) is 0 Å². The first-order valence-electron chi connectivity index (χ1n) is 7.11. The van der Waals surface area contributed by atoms with E-state index in [1.807, 2.05) is 0 Å². The molecule has 0 aromatic carbocycles. The molecule has 0 aliphatic rings. The van der Waals surface area contributed by atoms with Crippen molar-refractivity contribution in [3.63, 3.8) is 0 Å². The molecule has 0 amide bonds. The molecule has 0 radical (unpaired) electrons. The Kier molecular flexibility index (Phi) is 16.2. The van der Waals surface area contributed by atoms with Crippen molar-refractivity contribution in [3.05, 3.63) is 0 Å². The molecule has 7 heteroatoms. The van der Waals surface area contributed by atoms with Gasteiger partial charge in [-0.3, -0.25) is 4.55 Å². The van der Waals surface area contributed by atoms with Gasteiger partial charge in [0.15, 0.2) is 0 Å². The monoisotopic (exact) mass is 315 g/mol. The second-order valence-electron chi connectivity index (χ2n) is 4.79. The smallest absolute Gasteiger partial charge is 0.862 e. The van der Waals surface area contributed by atoms with Crippen molar-refractivity contribution in [3.8, 4) is 0 Å². The Bertz CT molecular complexity index is 344. The maximum Gasteiger partial charge on any atom is 1.00 e. The molecule has 0 aromatic heterocycles. The summed E-state index contributed by atoms with van der Waals surface area (Å²) in [6.07, 6.45) is 8.72. The fourth-order valence-corrected chi connectivity index (χ4v) is 2.26. The molecule has 20 heavy (non-hydrogen) atoms. The van der Waals surface area contributed by atoms with Crippen molar-refractivity contribution >= 4 is 16.0 Å². The maximum absolute atomic E-state index is 11.3. The van der Waals surface area contributed by atoms with E-state index in [2.05, 4.69) is 11.9 Å². The molecule has 0 fully saturated rings. The topological polar surface area (TPSA) is 89.8 Å². The minimum Gasteiger partial charge on any atom is -0.862 e. The molecule has 5 nitrogen and oxygen atoms in total. The first kappa shape index (κ1) is 22.7. The van der Waals surface area contributed by atoms with Crippen molar-refractivity contribution in [2.75, 3.05) is 12.3 Å². The third-order valence-electron chi connectivity index (χ3n) is 2.84. The van der Waals surface area contributed by atoms with Crippen LogP contribution in [0.5, 0.6) is 0 Å². The van der Waals surface area contributed by atoms with Gasteiger partial charge in [-0.2, -0.15) is 8.42 Å². The van der Waals surface area contributed by atoms with Crippen LogP contribution in [0.4, 0.5) is 0 Å². The molecule has 0 aliphatic heterocycles. The third-order valence-corrected chi connectivity index (χ3v) is 3.65. The van der Waals surface area contributed by atoms with Gasteiger partial charge in [0, 0.05) is 6.54 Å². The van der Waals surface area contributed by atoms with E-state index < -0.39 is 10.1 Å². The van der Waals surface area contributed by atoms with E-state index in [9.17, 15) is 13.5 Å². The predicted molar refractivity (Wildman–Crippen MR) is 75.9 cm³/mol. The molecule has 0 aromatic rings. The normalized spacial score (nSPS) is 12.2. The quantitative estimate of drug-likeness (QED) is 0.167. The molecule has 0 heterocycles. The Morgan fingerprint density at radius 1 is 1.05 bits per heavy atom. The number of rotatable bonds is 12. The summed E-state index contributed by atoms with van der Waals surface area (Å²) in [4.78, 5) is 3.76. The largest absolute Gasteiger partial charge is 1.00 e. The second-order valence-corrected chi connectivity index (χ2v) is 6.36. The summed E-state index contributed by atoms with van der Waals surface area (Å²) >= 11 is 0. The molecule has 0 aliphatic carbocycles. The van der Waals surface area contributed by atoms with Crippen molar-refractivity contribution < 1.29 is 47.6 Å². The van der Waals surface area contributed by atoms with E-state index in [1.54, 1.807) is 0 Å². The van der Waals surface area contributed by atoms with Gasteiger partial charge in [0.1, 0.15) is 0 Å². The Morgan fingerprint density at radius 2 is 1.60 bits per heavy atom. The molecular formula is C13H26NNaO4S. The summed E-state index contributed by atoms with van der Waals surface area (Å²) < 4.78 is 29.3. The van der Waals surface area contributed by atoms with E-state index >= 15 is 0 Å². The molecular weight excluding hydrogens is 289 g/mol. The van der Waals surface area contributed by atoms with Gasteiger partial charge in [-0.1, -0.05) is 45.4 Å². The molecule has 114 valence electrons. The summed E-state index contributed by atoms with van der Waals surface area (Å²) in [5.41, 5.74) is 0. The zero-order valence-corrected chi connectivity index (χ0v) is 15.6. The first-order valence-corrected chi connectivity index (χ1v) is 8.72. The summed E-state index contributed by atoms with van der Waals surface area (Å²) in [6.45, 7) is 2.36. The van der Waals surface area contributed by atoms with Crippen molar-refractivity contribution in [2.45, 2.75) is 64.7 Å².